The highest BCUT2D eigenvalue weighted by Crippen LogP contribution is 2.08. The third-order valence-corrected chi connectivity index (χ3v) is 2.06. The molecule has 1 aromatic rings. The Morgan fingerprint density at radius 2 is 2.19 bits per heavy atom. The van der Waals surface area contributed by atoms with E-state index in [2.05, 4.69) is 10.1 Å². The topological polar surface area (TPSA) is 38.3 Å². The van der Waals surface area contributed by atoms with Gasteiger partial charge in [0.25, 0.3) is 0 Å². The van der Waals surface area contributed by atoms with Gasteiger partial charge in [-0.1, -0.05) is 6.07 Å². The minimum absolute atomic E-state index is 0.222. The average molecular weight is 229 g/mol. The highest BCUT2D eigenvalue weighted by molar-refractivity contribution is 5.69. The second-order valence-electron chi connectivity index (χ2n) is 3.24. The first kappa shape index (κ1) is 12.6. The van der Waals surface area contributed by atoms with Crippen molar-refractivity contribution in [3.8, 4) is 0 Å². The lowest BCUT2D eigenvalue weighted by Gasteiger charge is -2.05. The van der Waals surface area contributed by atoms with Gasteiger partial charge in [-0.3, -0.25) is 4.79 Å². The Bertz CT molecular complexity index is 369. The molecule has 0 aromatic heterocycles. The third-order valence-electron chi connectivity index (χ3n) is 2.06. The molecular formula is C11H13F2NO2. The fourth-order valence-electron chi connectivity index (χ4n) is 1.18. The van der Waals surface area contributed by atoms with Crippen molar-refractivity contribution in [2.75, 3.05) is 13.7 Å². The summed E-state index contributed by atoms with van der Waals surface area (Å²) in [5, 5.41) is 2.86. The normalized spacial score (nSPS) is 10.2. The molecule has 0 fully saturated rings. The second kappa shape index (κ2) is 6.17. The van der Waals surface area contributed by atoms with E-state index in [9.17, 15) is 13.6 Å². The van der Waals surface area contributed by atoms with Gasteiger partial charge in [0.1, 0.15) is 11.6 Å². The van der Waals surface area contributed by atoms with Crippen molar-refractivity contribution in [1.29, 1.82) is 0 Å². The molecule has 0 atom stereocenters. The molecule has 0 heterocycles. The Labute approximate surface area is 92.4 Å². The summed E-state index contributed by atoms with van der Waals surface area (Å²) in [5.74, 6) is -1.52. The smallest absolute Gasteiger partial charge is 0.306 e. The number of rotatable bonds is 5. The van der Waals surface area contributed by atoms with Crippen LogP contribution in [0.4, 0.5) is 8.78 Å². The molecule has 5 heteroatoms. The summed E-state index contributed by atoms with van der Waals surface area (Å²) in [6, 6.07) is 3.40. The predicted octanol–water partition coefficient (Wildman–Crippen LogP) is 1.62. The molecule has 3 nitrogen and oxygen atoms in total. The lowest BCUT2D eigenvalue weighted by Crippen LogP contribution is -2.19. The van der Waals surface area contributed by atoms with Crippen molar-refractivity contribution in [3.05, 3.63) is 35.4 Å². The number of carbonyl (C=O) groups excluding carboxylic acids is 1. The number of benzene rings is 1. The molecule has 0 spiro atoms. The number of ether oxygens (including phenoxy) is 1. The highest BCUT2D eigenvalue weighted by Gasteiger charge is 2.04. The van der Waals surface area contributed by atoms with Gasteiger partial charge in [0.2, 0.25) is 0 Å². The summed E-state index contributed by atoms with van der Waals surface area (Å²) in [6.45, 7) is 0.645. The van der Waals surface area contributed by atoms with Crippen LogP contribution in [0.3, 0.4) is 0 Å². The molecule has 0 bridgehead atoms. The third kappa shape index (κ3) is 3.94. The minimum Gasteiger partial charge on any atom is -0.469 e. The van der Waals surface area contributed by atoms with E-state index in [0.717, 1.165) is 6.07 Å². The van der Waals surface area contributed by atoms with Crippen molar-refractivity contribution in [3.63, 3.8) is 0 Å². The zero-order valence-electron chi connectivity index (χ0n) is 8.93. The van der Waals surface area contributed by atoms with Gasteiger partial charge >= 0.3 is 5.97 Å². The molecule has 0 saturated carbocycles. The zero-order valence-corrected chi connectivity index (χ0v) is 8.93. The van der Waals surface area contributed by atoms with Crippen molar-refractivity contribution in [2.45, 2.75) is 13.0 Å². The van der Waals surface area contributed by atoms with Gasteiger partial charge in [-0.2, -0.15) is 0 Å². The molecule has 1 rings (SSSR count). The SMILES string of the molecule is COC(=O)CCNCc1ccc(F)cc1F. The maximum absolute atomic E-state index is 13.1. The molecule has 0 radical (unpaired) electrons. The molecular weight excluding hydrogens is 216 g/mol. The number of nitrogens with one attached hydrogen (secondary N) is 1. The Morgan fingerprint density at radius 3 is 2.81 bits per heavy atom. The molecule has 0 saturated heterocycles. The summed E-state index contributed by atoms with van der Waals surface area (Å²) in [4.78, 5) is 10.7. The van der Waals surface area contributed by atoms with E-state index in [1.807, 2.05) is 0 Å². The van der Waals surface area contributed by atoms with Crippen LogP contribution in [-0.2, 0) is 16.1 Å². The van der Waals surface area contributed by atoms with Crippen LogP contribution in [-0.4, -0.2) is 19.6 Å². The Morgan fingerprint density at radius 1 is 1.44 bits per heavy atom. The first-order valence-electron chi connectivity index (χ1n) is 4.85. The van der Waals surface area contributed by atoms with Crippen LogP contribution in [0.1, 0.15) is 12.0 Å². The van der Waals surface area contributed by atoms with E-state index < -0.39 is 11.6 Å². The molecule has 1 aromatic carbocycles. The standard InChI is InChI=1S/C11H13F2NO2/c1-16-11(15)4-5-14-7-8-2-3-9(12)6-10(8)13/h2-3,6,14H,4-5,7H2,1H3. The lowest BCUT2D eigenvalue weighted by atomic mass is 10.2. The van der Waals surface area contributed by atoms with E-state index in [1.165, 1.54) is 19.2 Å². The number of halogens is 2. The maximum Gasteiger partial charge on any atom is 0.306 e. The largest absolute Gasteiger partial charge is 0.469 e. The number of methoxy groups -OCH3 is 1. The fraction of sp³-hybridized carbons (Fsp3) is 0.364. The van der Waals surface area contributed by atoms with Crippen molar-refractivity contribution in [2.24, 2.45) is 0 Å². The number of carbonyl (C=O) groups is 1. The van der Waals surface area contributed by atoms with Gasteiger partial charge in [0, 0.05) is 24.7 Å². The van der Waals surface area contributed by atoms with Crippen molar-refractivity contribution < 1.29 is 18.3 Å². The zero-order chi connectivity index (χ0) is 12.0. The summed E-state index contributed by atoms with van der Waals surface area (Å²) in [6.07, 6.45) is 0.222. The number of esters is 1. The van der Waals surface area contributed by atoms with Gasteiger partial charge in [-0.15, -0.1) is 0 Å². The van der Waals surface area contributed by atoms with Crippen LogP contribution < -0.4 is 5.32 Å². The summed E-state index contributed by atoms with van der Waals surface area (Å²) in [7, 11) is 1.31. The van der Waals surface area contributed by atoms with Crippen molar-refractivity contribution >= 4 is 5.97 Å². The maximum atomic E-state index is 13.1. The van der Waals surface area contributed by atoms with Gasteiger partial charge in [-0.25, -0.2) is 8.78 Å². The highest BCUT2D eigenvalue weighted by atomic mass is 19.1. The Balaban J connectivity index is 2.35. The van der Waals surface area contributed by atoms with E-state index in [4.69, 9.17) is 0 Å². The summed E-state index contributed by atoms with van der Waals surface area (Å²) in [5.41, 5.74) is 0.367. The molecule has 0 unspecified atom stereocenters. The molecule has 0 amide bonds. The summed E-state index contributed by atoms with van der Waals surface area (Å²) < 4.78 is 30.1. The summed E-state index contributed by atoms with van der Waals surface area (Å²) >= 11 is 0. The van der Waals surface area contributed by atoms with Gasteiger partial charge in [-0.05, 0) is 6.07 Å². The van der Waals surface area contributed by atoms with E-state index in [-0.39, 0.29) is 18.9 Å². The van der Waals surface area contributed by atoms with Gasteiger partial charge in [0.15, 0.2) is 0 Å². The fourth-order valence-corrected chi connectivity index (χ4v) is 1.18. The van der Waals surface area contributed by atoms with Crippen LogP contribution >= 0.6 is 0 Å². The predicted molar refractivity (Wildman–Crippen MR) is 54.7 cm³/mol. The second-order valence-corrected chi connectivity index (χ2v) is 3.24. The Kier molecular flexibility index (Phi) is 4.85. The van der Waals surface area contributed by atoms with Crippen LogP contribution in [0.25, 0.3) is 0 Å². The van der Waals surface area contributed by atoms with Gasteiger partial charge < -0.3 is 10.1 Å². The monoisotopic (exact) mass is 229 g/mol. The molecule has 1 N–H and O–H groups in total. The van der Waals surface area contributed by atoms with Crippen LogP contribution in [0, 0.1) is 11.6 Å². The van der Waals surface area contributed by atoms with Gasteiger partial charge in [0.05, 0.1) is 13.5 Å². The lowest BCUT2D eigenvalue weighted by molar-refractivity contribution is -0.140. The molecule has 0 aliphatic carbocycles. The quantitative estimate of drug-likeness (QED) is 0.616. The average Bonchev–Trinajstić information content (AvgIpc) is 2.26. The van der Waals surface area contributed by atoms with Crippen molar-refractivity contribution in [1.82, 2.24) is 5.32 Å². The first-order valence-corrected chi connectivity index (χ1v) is 4.85. The molecule has 88 valence electrons. The first-order chi connectivity index (χ1) is 7.63. The van der Waals surface area contributed by atoms with Crippen LogP contribution in [0.5, 0.6) is 0 Å². The number of hydrogen-bond donors (Lipinski definition) is 1. The molecule has 0 aliphatic rings. The van der Waals surface area contributed by atoms with E-state index >= 15 is 0 Å². The van der Waals surface area contributed by atoms with Crippen LogP contribution in [0.15, 0.2) is 18.2 Å². The van der Waals surface area contributed by atoms with Crippen LogP contribution in [0.2, 0.25) is 0 Å². The van der Waals surface area contributed by atoms with E-state index in [1.54, 1.807) is 0 Å². The number of hydrogen-bond acceptors (Lipinski definition) is 3. The molecule has 0 aliphatic heterocycles. The Hall–Kier alpha value is -1.49. The van der Waals surface area contributed by atoms with E-state index in [0.29, 0.717) is 12.1 Å². The molecule has 16 heavy (non-hydrogen) atoms. The minimum atomic E-state index is -0.601.